The predicted octanol–water partition coefficient (Wildman–Crippen LogP) is 1.83. The molecule has 9 nitrogen and oxygen atoms in total. The van der Waals surface area contributed by atoms with Crippen LogP contribution in [-0.2, 0) is 4.79 Å². The first-order chi connectivity index (χ1) is 9.81. The molecule has 0 saturated heterocycles. The van der Waals surface area contributed by atoms with Gasteiger partial charge in [0, 0.05) is 25.1 Å². The molecule has 0 aliphatic rings. The van der Waals surface area contributed by atoms with E-state index in [1.54, 1.807) is 0 Å². The van der Waals surface area contributed by atoms with Gasteiger partial charge in [-0.25, -0.2) is 0 Å². The first kappa shape index (κ1) is 16.3. The Labute approximate surface area is 120 Å². The molecule has 0 unspecified atom stereocenters. The second kappa shape index (κ2) is 7.17. The van der Waals surface area contributed by atoms with E-state index in [-0.39, 0.29) is 36.3 Å². The third kappa shape index (κ3) is 5.05. The molecule has 0 aliphatic carbocycles. The lowest BCUT2D eigenvalue weighted by molar-refractivity contribution is -0.393. The Morgan fingerprint density at radius 3 is 2.43 bits per heavy atom. The minimum Gasteiger partial charge on any atom is -0.379 e. The third-order valence-electron chi connectivity index (χ3n) is 2.51. The van der Waals surface area contributed by atoms with E-state index in [0.717, 1.165) is 6.07 Å². The van der Waals surface area contributed by atoms with Crippen LogP contribution < -0.4 is 10.6 Å². The maximum atomic E-state index is 11.4. The van der Waals surface area contributed by atoms with Gasteiger partial charge in [-0.3, -0.25) is 25.0 Å². The van der Waals surface area contributed by atoms with Gasteiger partial charge in [0.2, 0.25) is 5.91 Å². The average molecular weight is 296 g/mol. The summed E-state index contributed by atoms with van der Waals surface area (Å²) < 4.78 is 0. The van der Waals surface area contributed by atoms with Crippen LogP contribution in [0.3, 0.4) is 0 Å². The van der Waals surface area contributed by atoms with Crippen molar-refractivity contribution in [2.75, 3.05) is 11.9 Å². The van der Waals surface area contributed by atoms with Crippen molar-refractivity contribution in [2.45, 2.75) is 26.3 Å². The molecule has 114 valence electrons. The lowest BCUT2D eigenvalue weighted by Crippen LogP contribution is -2.31. The molecule has 0 fully saturated rings. The molecule has 1 aromatic rings. The highest BCUT2D eigenvalue weighted by atomic mass is 16.6. The summed E-state index contributed by atoms with van der Waals surface area (Å²) in [4.78, 5) is 31.5. The maximum absolute atomic E-state index is 11.4. The summed E-state index contributed by atoms with van der Waals surface area (Å²) in [7, 11) is 0. The van der Waals surface area contributed by atoms with Gasteiger partial charge < -0.3 is 10.6 Å². The largest absolute Gasteiger partial charge is 0.379 e. The van der Waals surface area contributed by atoms with Gasteiger partial charge in [0.1, 0.15) is 5.69 Å². The van der Waals surface area contributed by atoms with Crippen LogP contribution in [0.25, 0.3) is 0 Å². The van der Waals surface area contributed by atoms with Crippen LogP contribution in [0.1, 0.15) is 20.3 Å². The Hall–Kier alpha value is -2.71. The van der Waals surface area contributed by atoms with Crippen LogP contribution in [0.2, 0.25) is 0 Å². The van der Waals surface area contributed by atoms with Gasteiger partial charge in [0.25, 0.3) is 11.4 Å². The highest BCUT2D eigenvalue weighted by molar-refractivity contribution is 5.77. The highest BCUT2D eigenvalue weighted by Crippen LogP contribution is 2.28. The molecule has 9 heteroatoms. The first-order valence-corrected chi connectivity index (χ1v) is 6.27. The number of rotatable bonds is 7. The van der Waals surface area contributed by atoms with Crippen LogP contribution in [0, 0.1) is 20.2 Å². The van der Waals surface area contributed by atoms with Crippen molar-refractivity contribution in [3.8, 4) is 0 Å². The van der Waals surface area contributed by atoms with Gasteiger partial charge in [-0.2, -0.15) is 0 Å². The summed E-state index contributed by atoms with van der Waals surface area (Å²) in [6, 6.07) is 3.34. The number of anilines is 1. The van der Waals surface area contributed by atoms with Crippen molar-refractivity contribution in [2.24, 2.45) is 0 Å². The van der Waals surface area contributed by atoms with Crippen molar-refractivity contribution in [3.63, 3.8) is 0 Å². The molecule has 0 aromatic heterocycles. The number of hydrogen-bond donors (Lipinski definition) is 2. The summed E-state index contributed by atoms with van der Waals surface area (Å²) in [5, 5.41) is 26.9. The Bertz CT molecular complexity index is 559. The highest BCUT2D eigenvalue weighted by Gasteiger charge is 2.19. The van der Waals surface area contributed by atoms with E-state index in [1.165, 1.54) is 12.1 Å². The number of carbonyl (C=O) groups is 1. The van der Waals surface area contributed by atoms with Gasteiger partial charge >= 0.3 is 0 Å². The quantitative estimate of drug-likeness (QED) is 0.583. The molecule has 0 aliphatic heterocycles. The Morgan fingerprint density at radius 1 is 1.24 bits per heavy atom. The fourth-order valence-corrected chi connectivity index (χ4v) is 1.64. The zero-order valence-corrected chi connectivity index (χ0v) is 11.7. The van der Waals surface area contributed by atoms with Crippen molar-refractivity contribution >= 4 is 23.0 Å². The first-order valence-electron chi connectivity index (χ1n) is 6.27. The number of nitrogens with one attached hydrogen (secondary N) is 2. The molecule has 0 bridgehead atoms. The van der Waals surface area contributed by atoms with E-state index in [9.17, 15) is 25.0 Å². The summed E-state index contributed by atoms with van der Waals surface area (Å²) in [6.45, 7) is 3.84. The lowest BCUT2D eigenvalue weighted by atomic mass is 10.2. The zero-order valence-electron chi connectivity index (χ0n) is 11.7. The third-order valence-corrected chi connectivity index (χ3v) is 2.51. The second-order valence-electron chi connectivity index (χ2n) is 4.61. The molecule has 0 saturated carbocycles. The number of hydrogen-bond acceptors (Lipinski definition) is 6. The molecular formula is C12H16N4O5. The van der Waals surface area contributed by atoms with Gasteiger partial charge in [0.15, 0.2) is 0 Å². The van der Waals surface area contributed by atoms with Gasteiger partial charge in [-0.1, -0.05) is 0 Å². The average Bonchev–Trinajstić information content (AvgIpc) is 2.37. The summed E-state index contributed by atoms with van der Waals surface area (Å²) in [6.07, 6.45) is 0.145. The Kier molecular flexibility index (Phi) is 5.58. The number of amides is 1. The molecule has 0 heterocycles. The van der Waals surface area contributed by atoms with E-state index < -0.39 is 15.5 Å². The number of nitro groups is 2. The number of benzene rings is 1. The molecule has 1 aromatic carbocycles. The summed E-state index contributed by atoms with van der Waals surface area (Å²) in [5.74, 6) is -0.179. The van der Waals surface area contributed by atoms with Crippen LogP contribution in [0.4, 0.5) is 17.1 Å². The van der Waals surface area contributed by atoms with E-state index >= 15 is 0 Å². The smallest absolute Gasteiger partial charge is 0.299 e. The lowest BCUT2D eigenvalue weighted by Gasteiger charge is -2.09. The van der Waals surface area contributed by atoms with Crippen LogP contribution in [0.15, 0.2) is 18.2 Å². The Morgan fingerprint density at radius 2 is 1.90 bits per heavy atom. The molecular weight excluding hydrogens is 280 g/mol. The van der Waals surface area contributed by atoms with Crippen LogP contribution in [-0.4, -0.2) is 28.3 Å². The normalized spacial score (nSPS) is 10.2. The van der Waals surface area contributed by atoms with Crippen molar-refractivity contribution < 1.29 is 14.6 Å². The number of nitrogens with zero attached hydrogens (tertiary/aromatic N) is 2. The second-order valence-corrected chi connectivity index (χ2v) is 4.61. The van der Waals surface area contributed by atoms with Gasteiger partial charge in [-0.15, -0.1) is 0 Å². The zero-order chi connectivity index (χ0) is 16.0. The number of nitro benzene ring substituents is 2. The van der Waals surface area contributed by atoms with Crippen molar-refractivity contribution in [1.82, 2.24) is 5.32 Å². The fraction of sp³-hybridized carbons (Fsp3) is 0.417. The summed E-state index contributed by atoms with van der Waals surface area (Å²) >= 11 is 0. The van der Waals surface area contributed by atoms with Gasteiger partial charge in [-0.05, 0) is 19.9 Å². The maximum Gasteiger partial charge on any atom is 0.299 e. The predicted molar refractivity (Wildman–Crippen MR) is 76.1 cm³/mol. The molecule has 0 spiro atoms. The fourth-order valence-electron chi connectivity index (χ4n) is 1.64. The van der Waals surface area contributed by atoms with E-state index in [0.29, 0.717) is 0 Å². The Balaban J connectivity index is 2.73. The van der Waals surface area contributed by atoms with Crippen LogP contribution >= 0.6 is 0 Å². The monoisotopic (exact) mass is 296 g/mol. The molecule has 0 atom stereocenters. The van der Waals surface area contributed by atoms with E-state index in [4.69, 9.17) is 0 Å². The van der Waals surface area contributed by atoms with Gasteiger partial charge in [0.05, 0.1) is 15.9 Å². The number of non-ortho nitro benzene ring substituents is 1. The van der Waals surface area contributed by atoms with E-state index in [1.807, 2.05) is 13.8 Å². The minimum atomic E-state index is -0.705. The molecule has 21 heavy (non-hydrogen) atoms. The molecule has 1 amide bonds. The van der Waals surface area contributed by atoms with Crippen molar-refractivity contribution in [3.05, 3.63) is 38.4 Å². The number of carbonyl (C=O) groups excluding carboxylic acids is 1. The standard InChI is InChI=1S/C12H16N4O5/c1-8(2)14-12(17)5-6-13-10-4-3-9(15(18)19)7-11(10)16(20)21/h3-4,7-8,13H,5-6H2,1-2H3,(H,14,17). The van der Waals surface area contributed by atoms with E-state index in [2.05, 4.69) is 10.6 Å². The topological polar surface area (TPSA) is 127 Å². The minimum absolute atomic E-state index is 0.0196. The molecule has 0 radical (unpaired) electrons. The van der Waals surface area contributed by atoms with Crippen LogP contribution in [0.5, 0.6) is 0 Å². The molecule has 2 N–H and O–H groups in total. The van der Waals surface area contributed by atoms with Crippen molar-refractivity contribution in [1.29, 1.82) is 0 Å². The molecule has 1 rings (SSSR count). The SMILES string of the molecule is CC(C)NC(=O)CCNc1ccc([N+](=O)[O-])cc1[N+](=O)[O-]. The summed E-state index contributed by atoms with van der Waals surface area (Å²) in [5.41, 5.74) is -0.610.